The molecule has 1 heterocycles. The van der Waals surface area contributed by atoms with Crippen LogP contribution < -0.4 is 16.4 Å². The average Bonchev–Trinajstić information content (AvgIpc) is 2.48. The van der Waals surface area contributed by atoms with Crippen molar-refractivity contribution >= 4 is 11.9 Å². The van der Waals surface area contributed by atoms with Gasteiger partial charge in [0, 0.05) is 12.6 Å². The molecule has 1 saturated heterocycles. The van der Waals surface area contributed by atoms with Crippen LogP contribution in [0.3, 0.4) is 0 Å². The standard InChI is InChI=1S/C15H28N4O2/c16-9-12-5-4-8-19(10-12)11-14(20)18-15(21)17-13-6-2-1-3-7-13/h12-13H,1-11,16H2,(H2,17,18,20,21). The summed E-state index contributed by atoms with van der Waals surface area (Å²) in [6, 6.07) is -0.123. The number of carbonyl (C=O) groups is 2. The van der Waals surface area contributed by atoms with E-state index in [1.807, 2.05) is 0 Å². The first-order valence-electron chi connectivity index (χ1n) is 8.20. The Labute approximate surface area is 126 Å². The van der Waals surface area contributed by atoms with Crippen molar-refractivity contribution in [2.75, 3.05) is 26.2 Å². The molecular weight excluding hydrogens is 268 g/mol. The number of nitrogens with zero attached hydrogens (tertiary/aromatic N) is 1. The lowest BCUT2D eigenvalue weighted by atomic mass is 9.96. The van der Waals surface area contributed by atoms with Crippen molar-refractivity contribution in [3.63, 3.8) is 0 Å². The van der Waals surface area contributed by atoms with Crippen LogP contribution in [0, 0.1) is 5.92 Å². The number of hydrogen-bond acceptors (Lipinski definition) is 4. The molecule has 0 radical (unpaired) electrons. The first kappa shape index (κ1) is 16.2. The molecular formula is C15H28N4O2. The fourth-order valence-corrected chi connectivity index (χ4v) is 3.32. The van der Waals surface area contributed by atoms with Gasteiger partial charge in [-0.1, -0.05) is 19.3 Å². The highest BCUT2D eigenvalue weighted by Gasteiger charge is 2.22. The SMILES string of the molecule is NCC1CCCN(CC(=O)NC(=O)NC2CCCCC2)C1. The number of hydrogen-bond donors (Lipinski definition) is 3. The summed E-state index contributed by atoms with van der Waals surface area (Å²) in [6.45, 7) is 2.72. The molecule has 1 atom stereocenters. The number of nitrogens with two attached hydrogens (primary N) is 1. The first-order chi connectivity index (χ1) is 10.2. The van der Waals surface area contributed by atoms with Crippen molar-refractivity contribution in [1.29, 1.82) is 0 Å². The highest BCUT2D eigenvalue weighted by Crippen LogP contribution is 2.17. The molecule has 0 bridgehead atoms. The molecule has 1 aliphatic carbocycles. The number of carbonyl (C=O) groups excluding carboxylic acids is 2. The smallest absolute Gasteiger partial charge is 0.321 e. The maximum Gasteiger partial charge on any atom is 0.321 e. The number of piperidine rings is 1. The average molecular weight is 296 g/mol. The van der Waals surface area contributed by atoms with E-state index in [-0.39, 0.29) is 24.5 Å². The third-order valence-electron chi connectivity index (χ3n) is 4.50. The van der Waals surface area contributed by atoms with Gasteiger partial charge in [0.25, 0.3) is 0 Å². The van der Waals surface area contributed by atoms with Gasteiger partial charge in [-0.2, -0.15) is 0 Å². The van der Waals surface area contributed by atoms with Crippen LogP contribution in [0.15, 0.2) is 0 Å². The zero-order valence-electron chi connectivity index (χ0n) is 12.8. The zero-order valence-corrected chi connectivity index (χ0v) is 12.8. The summed E-state index contributed by atoms with van der Waals surface area (Å²) in [6.07, 6.45) is 7.81. The minimum atomic E-state index is -0.348. The summed E-state index contributed by atoms with van der Waals surface area (Å²) in [5.74, 6) is 0.253. The van der Waals surface area contributed by atoms with Gasteiger partial charge in [-0.25, -0.2) is 4.79 Å². The van der Waals surface area contributed by atoms with E-state index in [0.717, 1.165) is 51.6 Å². The van der Waals surface area contributed by atoms with Gasteiger partial charge in [0.15, 0.2) is 0 Å². The fraction of sp³-hybridized carbons (Fsp3) is 0.867. The normalized spacial score (nSPS) is 24.5. The van der Waals surface area contributed by atoms with E-state index in [0.29, 0.717) is 12.5 Å². The number of nitrogens with one attached hydrogen (secondary N) is 2. The molecule has 6 heteroatoms. The Balaban J connectivity index is 1.67. The van der Waals surface area contributed by atoms with Gasteiger partial charge in [-0.05, 0) is 44.7 Å². The maximum absolute atomic E-state index is 11.9. The van der Waals surface area contributed by atoms with Crippen LogP contribution in [-0.2, 0) is 4.79 Å². The zero-order chi connectivity index (χ0) is 15.1. The molecule has 1 aliphatic heterocycles. The quantitative estimate of drug-likeness (QED) is 0.716. The molecule has 2 rings (SSSR count). The predicted molar refractivity (Wildman–Crippen MR) is 81.8 cm³/mol. The number of rotatable bonds is 4. The van der Waals surface area contributed by atoms with Crippen molar-refractivity contribution in [1.82, 2.24) is 15.5 Å². The summed E-state index contributed by atoms with van der Waals surface area (Å²) in [5.41, 5.74) is 5.69. The van der Waals surface area contributed by atoms with E-state index in [1.165, 1.54) is 6.42 Å². The molecule has 0 aromatic carbocycles. The number of amides is 3. The molecule has 4 N–H and O–H groups in total. The lowest BCUT2D eigenvalue weighted by Gasteiger charge is -2.31. The Kier molecular flexibility index (Phi) is 6.45. The van der Waals surface area contributed by atoms with Crippen molar-refractivity contribution in [2.45, 2.75) is 51.0 Å². The molecule has 0 aromatic heterocycles. The van der Waals surface area contributed by atoms with E-state index in [2.05, 4.69) is 15.5 Å². The van der Waals surface area contributed by atoms with Crippen molar-refractivity contribution in [3.05, 3.63) is 0 Å². The fourth-order valence-electron chi connectivity index (χ4n) is 3.32. The van der Waals surface area contributed by atoms with Crippen LogP contribution >= 0.6 is 0 Å². The second-order valence-corrected chi connectivity index (χ2v) is 6.34. The Morgan fingerprint density at radius 2 is 1.86 bits per heavy atom. The lowest BCUT2D eigenvalue weighted by Crippen LogP contribution is -2.49. The third-order valence-corrected chi connectivity index (χ3v) is 4.50. The highest BCUT2D eigenvalue weighted by atomic mass is 16.2. The summed E-state index contributed by atoms with van der Waals surface area (Å²) in [4.78, 5) is 25.8. The summed E-state index contributed by atoms with van der Waals surface area (Å²) >= 11 is 0. The molecule has 120 valence electrons. The number of urea groups is 1. The van der Waals surface area contributed by atoms with Crippen LogP contribution in [0.1, 0.15) is 44.9 Å². The minimum absolute atomic E-state index is 0.221. The van der Waals surface area contributed by atoms with Crippen LogP contribution in [0.5, 0.6) is 0 Å². The van der Waals surface area contributed by atoms with Gasteiger partial charge in [-0.3, -0.25) is 15.0 Å². The molecule has 2 fully saturated rings. The van der Waals surface area contributed by atoms with E-state index in [9.17, 15) is 9.59 Å². The second-order valence-electron chi connectivity index (χ2n) is 6.34. The molecule has 2 aliphatic rings. The molecule has 1 unspecified atom stereocenters. The third kappa shape index (κ3) is 5.63. The molecule has 21 heavy (non-hydrogen) atoms. The Morgan fingerprint density at radius 1 is 1.10 bits per heavy atom. The molecule has 6 nitrogen and oxygen atoms in total. The molecule has 1 saturated carbocycles. The van der Waals surface area contributed by atoms with Crippen LogP contribution in [0.4, 0.5) is 4.79 Å². The summed E-state index contributed by atoms with van der Waals surface area (Å²) < 4.78 is 0. The Hall–Kier alpha value is -1.14. The van der Waals surface area contributed by atoms with Gasteiger partial charge in [0.1, 0.15) is 0 Å². The van der Waals surface area contributed by atoms with Gasteiger partial charge in [0.2, 0.25) is 5.91 Å². The van der Waals surface area contributed by atoms with Crippen molar-refractivity contribution in [2.24, 2.45) is 11.7 Å². The van der Waals surface area contributed by atoms with Crippen molar-refractivity contribution in [3.8, 4) is 0 Å². The molecule has 3 amide bonds. The lowest BCUT2D eigenvalue weighted by molar-refractivity contribution is -0.121. The largest absolute Gasteiger partial charge is 0.335 e. The van der Waals surface area contributed by atoms with Gasteiger partial charge < -0.3 is 11.1 Å². The van der Waals surface area contributed by atoms with Crippen LogP contribution in [0.25, 0.3) is 0 Å². The van der Waals surface area contributed by atoms with E-state index < -0.39 is 0 Å². The first-order valence-corrected chi connectivity index (χ1v) is 8.20. The van der Waals surface area contributed by atoms with Gasteiger partial charge >= 0.3 is 6.03 Å². The van der Waals surface area contributed by atoms with Gasteiger partial charge in [-0.15, -0.1) is 0 Å². The summed E-state index contributed by atoms with van der Waals surface area (Å²) in [5, 5.41) is 5.34. The molecule has 0 aromatic rings. The summed E-state index contributed by atoms with van der Waals surface area (Å²) in [7, 11) is 0. The number of likely N-dealkylation sites (tertiary alicyclic amines) is 1. The van der Waals surface area contributed by atoms with Crippen LogP contribution in [0.2, 0.25) is 0 Å². The van der Waals surface area contributed by atoms with E-state index in [1.54, 1.807) is 0 Å². The minimum Gasteiger partial charge on any atom is -0.335 e. The Bertz CT molecular complexity index is 356. The maximum atomic E-state index is 11.9. The van der Waals surface area contributed by atoms with Crippen LogP contribution in [-0.4, -0.2) is 49.1 Å². The van der Waals surface area contributed by atoms with E-state index in [4.69, 9.17) is 5.73 Å². The second kappa shape index (κ2) is 8.34. The topological polar surface area (TPSA) is 87.5 Å². The number of imide groups is 1. The predicted octanol–water partition coefficient (Wildman–Crippen LogP) is 0.816. The van der Waals surface area contributed by atoms with Gasteiger partial charge in [0.05, 0.1) is 6.54 Å². The Morgan fingerprint density at radius 3 is 2.57 bits per heavy atom. The highest BCUT2D eigenvalue weighted by molar-refractivity contribution is 5.95. The van der Waals surface area contributed by atoms with E-state index >= 15 is 0 Å². The monoisotopic (exact) mass is 296 g/mol. The molecule has 0 spiro atoms. The van der Waals surface area contributed by atoms with Crippen molar-refractivity contribution < 1.29 is 9.59 Å².